The fourth-order valence-electron chi connectivity index (χ4n) is 1.86. The Bertz CT molecular complexity index is 456. The second kappa shape index (κ2) is 5.77. The number of nitrogens with zero attached hydrogens (tertiary/aromatic N) is 1. The van der Waals surface area contributed by atoms with Crippen LogP contribution in [0.2, 0.25) is 0 Å². The van der Waals surface area contributed by atoms with Gasteiger partial charge in [0.2, 0.25) is 0 Å². The number of halogens is 2. The molecule has 1 amide bonds. The van der Waals surface area contributed by atoms with Crippen LogP contribution in [-0.2, 0) is 4.74 Å². The fraction of sp³-hybridized carbons (Fsp3) is 0.417. The summed E-state index contributed by atoms with van der Waals surface area (Å²) in [6.07, 6.45) is -0.136. The topological polar surface area (TPSA) is 55.6 Å². The second-order valence-corrected chi connectivity index (χ2v) is 4.96. The molecule has 0 aliphatic carbocycles. The average Bonchev–Trinajstić information content (AvgIpc) is 2.41. The van der Waals surface area contributed by atoms with Crippen LogP contribution in [0, 0.1) is 5.82 Å². The van der Waals surface area contributed by atoms with E-state index in [4.69, 9.17) is 10.5 Å². The maximum Gasteiger partial charge on any atom is 0.254 e. The van der Waals surface area contributed by atoms with Crippen molar-refractivity contribution < 1.29 is 13.9 Å². The highest BCUT2D eigenvalue weighted by atomic mass is 79.9. The van der Waals surface area contributed by atoms with E-state index in [0.29, 0.717) is 36.3 Å². The number of carbonyl (C=O) groups excluding carboxylic acids is 1. The Labute approximate surface area is 113 Å². The molecular weight excluding hydrogens is 303 g/mol. The second-order valence-electron chi connectivity index (χ2n) is 4.11. The molecule has 1 aliphatic heterocycles. The van der Waals surface area contributed by atoms with Crippen molar-refractivity contribution in [3.63, 3.8) is 0 Å². The van der Waals surface area contributed by atoms with Crippen LogP contribution in [0.25, 0.3) is 0 Å². The molecule has 0 radical (unpaired) electrons. The van der Waals surface area contributed by atoms with Gasteiger partial charge < -0.3 is 15.4 Å². The Morgan fingerprint density at radius 1 is 1.61 bits per heavy atom. The lowest BCUT2D eigenvalue weighted by atomic mass is 10.1. The van der Waals surface area contributed by atoms with Crippen LogP contribution >= 0.6 is 15.9 Å². The molecule has 1 saturated heterocycles. The highest BCUT2D eigenvalue weighted by Gasteiger charge is 2.24. The van der Waals surface area contributed by atoms with Gasteiger partial charge in [0.15, 0.2) is 0 Å². The molecule has 0 spiro atoms. The van der Waals surface area contributed by atoms with Gasteiger partial charge in [-0.2, -0.15) is 0 Å². The molecule has 4 nitrogen and oxygen atoms in total. The van der Waals surface area contributed by atoms with Crippen LogP contribution in [0.5, 0.6) is 0 Å². The van der Waals surface area contributed by atoms with Crippen molar-refractivity contribution in [3.05, 3.63) is 34.1 Å². The monoisotopic (exact) mass is 316 g/mol. The molecule has 1 unspecified atom stereocenters. The first-order valence-corrected chi connectivity index (χ1v) is 6.47. The third-order valence-electron chi connectivity index (χ3n) is 2.86. The van der Waals surface area contributed by atoms with E-state index in [9.17, 15) is 9.18 Å². The minimum absolute atomic E-state index is 0.136. The molecule has 2 rings (SSSR count). The number of nitrogens with two attached hydrogens (primary N) is 1. The SMILES string of the molecule is NCC1CN(C(=O)c2ccc(Br)c(F)c2)CCO1. The highest BCUT2D eigenvalue weighted by Crippen LogP contribution is 2.18. The molecule has 0 aromatic heterocycles. The molecule has 1 heterocycles. The summed E-state index contributed by atoms with van der Waals surface area (Å²) in [5.74, 6) is -0.632. The van der Waals surface area contributed by atoms with Gasteiger partial charge in [0.25, 0.3) is 5.91 Å². The molecule has 0 bridgehead atoms. The zero-order chi connectivity index (χ0) is 13.1. The summed E-state index contributed by atoms with van der Waals surface area (Å²) < 4.78 is 19.1. The summed E-state index contributed by atoms with van der Waals surface area (Å²) in [5.41, 5.74) is 5.86. The largest absolute Gasteiger partial charge is 0.373 e. The van der Waals surface area contributed by atoms with Gasteiger partial charge in [-0.05, 0) is 34.1 Å². The Morgan fingerprint density at radius 2 is 2.39 bits per heavy atom. The molecule has 98 valence electrons. The number of rotatable bonds is 2. The van der Waals surface area contributed by atoms with E-state index in [2.05, 4.69) is 15.9 Å². The average molecular weight is 317 g/mol. The van der Waals surface area contributed by atoms with Gasteiger partial charge >= 0.3 is 0 Å². The summed E-state index contributed by atoms with van der Waals surface area (Å²) in [7, 11) is 0. The van der Waals surface area contributed by atoms with Crippen molar-refractivity contribution in [3.8, 4) is 0 Å². The van der Waals surface area contributed by atoms with Crippen molar-refractivity contribution in [1.82, 2.24) is 4.90 Å². The fourth-order valence-corrected chi connectivity index (χ4v) is 2.10. The third kappa shape index (κ3) is 2.88. The van der Waals surface area contributed by atoms with Crippen LogP contribution in [0.4, 0.5) is 4.39 Å². The van der Waals surface area contributed by atoms with Gasteiger partial charge in [0.1, 0.15) is 5.82 Å². The first-order chi connectivity index (χ1) is 8.61. The van der Waals surface area contributed by atoms with Crippen molar-refractivity contribution in [2.75, 3.05) is 26.2 Å². The Kier molecular flexibility index (Phi) is 4.31. The van der Waals surface area contributed by atoms with Crippen LogP contribution in [0.15, 0.2) is 22.7 Å². The number of benzene rings is 1. The summed E-state index contributed by atoms with van der Waals surface area (Å²) in [4.78, 5) is 13.8. The molecule has 2 N–H and O–H groups in total. The molecule has 1 aliphatic rings. The Balaban J connectivity index is 2.12. The van der Waals surface area contributed by atoms with Crippen LogP contribution < -0.4 is 5.73 Å². The van der Waals surface area contributed by atoms with E-state index in [-0.39, 0.29) is 12.0 Å². The van der Waals surface area contributed by atoms with Crippen molar-refractivity contribution >= 4 is 21.8 Å². The minimum Gasteiger partial charge on any atom is -0.373 e. The molecule has 1 fully saturated rings. The lowest BCUT2D eigenvalue weighted by molar-refractivity contribution is -0.0167. The van der Waals surface area contributed by atoms with Gasteiger partial charge in [-0.15, -0.1) is 0 Å². The van der Waals surface area contributed by atoms with Gasteiger partial charge in [-0.1, -0.05) is 0 Å². The first kappa shape index (κ1) is 13.5. The molecule has 1 atom stereocenters. The number of carbonyl (C=O) groups is 1. The van der Waals surface area contributed by atoms with E-state index >= 15 is 0 Å². The van der Waals surface area contributed by atoms with E-state index in [0.717, 1.165) is 0 Å². The van der Waals surface area contributed by atoms with Crippen LogP contribution in [-0.4, -0.2) is 43.2 Å². The normalized spacial score (nSPS) is 19.9. The van der Waals surface area contributed by atoms with E-state index in [1.807, 2.05) is 0 Å². The number of ether oxygens (including phenoxy) is 1. The first-order valence-electron chi connectivity index (χ1n) is 5.68. The van der Waals surface area contributed by atoms with Crippen molar-refractivity contribution in [1.29, 1.82) is 0 Å². The molecule has 1 aromatic rings. The van der Waals surface area contributed by atoms with E-state index in [1.54, 1.807) is 11.0 Å². The number of amides is 1. The smallest absolute Gasteiger partial charge is 0.254 e. The predicted molar refractivity (Wildman–Crippen MR) is 68.8 cm³/mol. The van der Waals surface area contributed by atoms with Crippen LogP contribution in [0.3, 0.4) is 0 Å². The number of morpholine rings is 1. The summed E-state index contributed by atoms with van der Waals surface area (Å²) in [5, 5.41) is 0. The van der Waals surface area contributed by atoms with Crippen LogP contribution in [0.1, 0.15) is 10.4 Å². The molecule has 18 heavy (non-hydrogen) atoms. The lowest BCUT2D eigenvalue weighted by Crippen LogP contribution is -2.48. The third-order valence-corrected chi connectivity index (χ3v) is 3.50. The predicted octanol–water partition coefficient (Wildman–Crippen LogP) is 1.39. The van der Waals surface area contributed by atoms with E-state index < -0.39 is 5.82 Å². The Hall–Kier alpha value is -0.980. The minimum atomic E-state index is -0.440. The van der Waals surface area contributed by atoms with Gasteiger partial charge in [0, 0.05) is 25.2 Å². The highest BCUT2D eigenvalue weighted by molar-refractivity contribution is 9.10. The molecule has 1 aromatic carbocycles. The van der Waals surface area contributed by atoms with Crippen molar-refractivity contribution in [2.45, 2.75) is 6.10 Å². The zero-order valence-corrected chi connectivity index (χ0v) is 11.3. The molecular formula is C12H14BrFN2O2. The Morgan fingerprint density at radius 3 is 3.06 bits per heavy atom. The van der Waals surface area contributed by atoms with Crippen molar-refractivity contribution in [2.24, 2.45) is 5.73 Å². The lowest BCUT2D eigenvalue weighted by Gasteiger charge is -2.32. The quantitative estimate of drug-likeness (QED) is 0.897. The van der Waals surface area contributed by atoms with Gasteiger partial charge in [-0.3, -0.25) is 4.79 Å². The van der Waals surface area contributed by atoms with E-state index in [1.165, 1.54) is 12.1 Å². The number of hydrogen-bond donors (Lipinski definition) is 1. The molecule has 0 saturated carbocycles. The zero-order valence-electron chi connectivity index (χ0n) is 9.73. The summed E-state index contributed by atoms with van der Waals surface area (Å²) in [6, 6.07) is 4.37. The summed E-state index contributed by atoms with van der Waals surface area (Å²) >= 11 is 3.06. The standard InChI is InChI=1S/C12H14BrFN2O2/c13-10-2-1-8(5-11(10)14)12(17)16-3-4-18-9(6-15)7-16/h1-2,5,9H,3-4,6-7,15H2. The van der Waals surface area contributed by atoms with Gasteiger partial charge in [-0.25, -0.2) is 4.39 Å². The maximum absolute atomic E-state index is 13.4. The number of hydrogen-bond acceptors (Lipinski definition) is 3. The molecule has 6 heteroatoms. The summed E-state index contributed by atoms with van der Waals surface area (Å²) in [6.45, 7) is 1.80. The van der Waals surface area contributed by atoms with Gasteiger partial charge in [0.05, 0.1) is 17.2 Å². The maximum atomic E-state index is 13.4.